The lowest BCUT2D eigenvalue weighted by atomic mass is 9.80. The van der Waals surface area contributed by atoms with Crippen LogP contribution in [-0.2, 0) is 25.5 Å². The Bertz CT molecular complexity index is 1150. The van der Waals surface area contributed by atoms with Gasteiger partial charge in [-0.25, -0.2) is 4.79 Å². The summed E-state index contributed by atoms with van der Waals surface area (Å²) in [5.41, 5.74) is 2.36. The number of esters is 1. The van der Waals surface area contributed by atoms with E-state index in [0.29, 0.717) is 17.8 Å². The van der Waals surface area contributed by atoms with Gasteiger partial charge in [-0.15, -0.1) is 23.2 Å². The molecule has 3 amide bonds. The van der Waals surface area contributed by atoms with Crippen LogP contribution in [0.3, 0.4) is 0 Å². The second-order valence-electron chi connectivity index (χ2n) is 9.24. The fourth-order valence-corrected chi connectivity index (χ4v) is 6.48. The van der Waals surface area contributed by atoms with Crippen LogP contribution < -0.4 is 10.2 Å². The van der Waals surface area contributed by atoms with Gasteiger partial charge in [-0.05, 0) is 66.6 Å². The molecule has 2 saturated carbocycles. The molecule has 5 rings (SSSR count). The highest BCUT2D eigenvalue weighted by Crippen LogP contribution is 2.59. The van der Waals surface area contributed by atoms with E-state index in [9.17, 15) is 19.2 Å². The Morgan fingerprint density at radius 3 is 2.06 bits per heavy atom. The normalized spacial score (nSPS) is 28.8. The van der Waals surface area contributed by atoms with E-state index in [1.165, 1.54) is 29.2 Å². The van der Waals surface area contributed by atoms with Crippen molar-refractivity contribution in [3.05, 3.63) is 59.7 Å². The third kappa shape index (κ3) is 4.10. The maximum atomic E-state index is 13.1. The molecular formula is C26H24Cl2N2O5. The van der Waals surface area contributed by atoms with E-state index in [2.05, 4.69) is 5.32 Å². The van der Waals surface area contributed by atoms with Crippen molar-refractivity contribution in [1.82, 2.24) is 0 Å². The average molecular weight is 515 g/mol. The Morgan fingerprint density at radius 2 is 1.51 bits per heavy atom. The molecule has 3 fully saturated rings. The van der Waals surface area contributed by atoms with Gasteiger partial charge in [-0.3, -0.25) is 19.3 Å². The molecule has 0 aromatic heterocycles. The Labute approximate surface area is 212 Å². The molecule has 0 radical (unpaired) electrons. The largest absolute Gasteiger partial charge is 0.452 e. The third-order valence-electron chi connectivity index (χ3n) is 7.33. The van der Waals surface area contributed by atoms with Crippen molar-refractivity contribution in [2.75, 3.05) is 16.8 Å². The number of carbonyl (C=O) groups excluding carboxylic acids is 4. The van der Waals surface area contributed by atoms with Gasteiger partial charge < -0.3 is 10.1 Å². The van der Waals surface area contributed by atoms with E-state index in [1.54, 1.807) is 12.1 Å². The number of anilines is 2. The summed E-state index contributed by atoms with van der Waals surface area (Å²) in [5, 5.41) is 2.05. The van der Waals surface area contributed by atoms with Crippen LogP contribution in [0.15, 0.2) is 48.5 Å². The first-order valence-corrected chi connectivity index (χ1v) is 12.5. The van der Waals surface area contributed by atoms with E-state index in [4.69, 9.17) is 27.9 Å². The molecule has 7 nitrogen and oxygen atoms in total. The maximum Gasteiger partial charge on any atom is 0.338 e. The van der Waals surface area contributed by atoms with Crippen LogP contribution in [0.4, 0.5) is 11.4 Å². The number of fused-ring (bicyclic) bond motifs is 5. The fraction of sp³-hybridized carbons (Fsp3) is 0.385. The molecule has 182 valence electrons. The van der Waals surface area contributed by atoms with Crippen molar-refractivity contribution in [3.8, 4) is 0 Å². The molecule has 35 heavy (non-hydrogen) atoms. The Morgan fingerprint density at radius 1 is 0.943 bits per heavy atom. The van der Waals surface area contributed by atoms with Crippen LogP contribution in [0, 0.1) is 23.7 Å². The van der Waals surface area contributed by atoms with Crippen LogP contribution in [0.2, 0.25) is 0 Å². The van der Waals surface area contributed by atoms with Crippen LogP contribution >= 0.6 is 23.2 Å². The first-order chi connectivity index (χ1) is 16.8. The molecule has 0 spiro atoms. The van der Waals surface area contributed by atoms with Crippen LogP contribution in [0.1, 0.15) is 29.3 Å². The van der Waals surface area contributed by atoms with Crippen molar-refractivity contribution < 1.29 is 23.9 Å². The minimum Gasteiger partial charge on any atom is -0.452 e. The molecule has 2 aromatic carbocycles. The number of halogens is 2. The second kappa shape index (κ2) is 9.28. The van der Waals surface area contributed by atoms with Gasteiger partial charge >= 0.3 is 5.97 Å². The summed E-state index contributed by atoms with van der Waals surface area (Å²) < 4.78 is 5.11. The molecular weight excluding hydrogens is 491 g/mol. The summed E-state index contributed by atoms with van der Waals surface area (Å²) in [6.45, 7) is 1.60. The standard InChI is InChI=1S/C26H24Cl2N2O5/c1-2-13-3-7-15(8-4-13)29-19(31)12-35-26(34)14-5-9-16(10-6-14)30-24(32)20-17-11-18(21(20)25(30)33)23(28)22(17)27/h3-10,17-18,20-23H,2,11-12H2,1H3,(H,29,31)/t17-,18-,20-,21-,22+,23+/m1/s1. The Balaban J connectivity index is 1.20. The number of rotatable bonds is 6. The van der Waals surface area contributed by atoms with Gasteiger partial charge in [-0.2, -0.15) is 0 Å². The highest BCUT2D eigenvalue weighted by atomic mass is 35.5. The number of hydrogen-bond acceptors (Lipinski definition) is 5. The van der Waals surface area contributed by atoms with Crippen molar-refractivity contribution >= 4 is 58.3 Å². The summed E-state index contributed by atoms with van der Waals surface area (Å²) in [6.07, 6.45) is 1.60. The molecule has 0 unspecified atom stereocenters. The van der Waals surface area contributed by atoms with Crippen molar-refractivity contribution in [1.29, 1.82) is 0 Å². The van der Waals surface area contributed by atoms with Gasteiger partial charge in [0.2, 0.25) is 11.8 Å². The molecule has 2 bridgehead atoms. The summed E-state index contributed by atoms with van der Waals surface area (Å²) in [4.78, 5) is 51.9. The van der Waals surface area contributed by atoms with Crippen molar-refractivity contribution in [2.24, 2.45) is 23.7 Å². The highest BCUT2D eigenvalue weighted by molar-refractivity contribution is 6.32. The Kier molecular flexibility index (Phi) is 6.32. The van der Waals surface area contributed by atoms with E-state index in [0.717, 1.165) is 12.0 Å². The number of amides is 3. The zero-order chi connectivity index (χ0) is 24.9. The summed E-state index contributed by atoms with van der Waals surface area (Å²) in [5.74, 6) is -2.74. The van der Waals surface area contributed by atoms with Gasteiger partial charge in [-0.1, -0.05) is 19.1 Å². The average Bonchev–Trinajstić information content (AvgIpc) is 3.48. The first-order valence-electron chi connectivity index (χ1n) is 11.6. The quantitative estimate of drug-likeness (QED) is 0.357. The highest BCUT2D eigenvalue weighted by Gasteiger charge is 2.66. The number of imide groups is 1. The SMILES string of the molecule is CCc1ccc(NC(=O)COC(=O)c2ccc(N3C(=O)[C@@H]4[C@H]5C[C@@H]([C@H](Cl)[C@H]5Cl)[C@H]4C3=O)cc2)cc1. The number of alkyl halides is 2. The monoisotopic (exact) mass is 514 g/mol. The first kappa shape index (κ1) is 23.8. The molecule has 1 aliphatic heterocycles. The molecule has 2 aromatic rings. The number of aryl methyl sites for hydroxylation is 1. The van der Waals surface area contributed by atoms with Crippen LogP contribution in [-0.4, -0.2) is 41.1 Å². The lowest BCUT2D eigenvalue weighted by Gasteiger charge is -2.28. The fourth-order valence-electron chi connectivity index (χ4n) is 5.59. The molecule has 3 aliphatic rings. The zero-order valence-electron chi connectivity index (χ0n) is 18.9. The minimum atomic E-state index is -0.683. The summed E-state index contributed by atoms with van der Waals surface area (Å²) in [6, 6.07) is 13.4. The lowest BCUT2D eigenvalue weighted by Crippen LogP contribution is -2.37. The molecule has 1 heterocycles. The molecule has 2 aliphatic carbocycles. The van der Waals surface area contributed by atoms with Gasteiger partial charge in [0.15, 0.2) is 6.61 Å². The van der Waals surface area contributed by atoms with Crippen molar-refractivity contribution in [2.45, 2.75) is 30.5 Å². The summed E-state index contributed by atoms with van der Waals surface area (Å²) in [7, 11) is 0. The molecule has 9 heteroatoms. The number of benzene rings is 2. The topological polar surface area (TPSA) is 92.8 Å². The predicted octanol–water partition coefficient (Wildman–Crippen LogP) is 4.01. The van der Waals surface area contributed by atoms with E-state index >= 15 is 0 Å². The second-order valence-corrected chi connectivity index (χ2v) is 10.2. The summed E-state index contributed by atoms with van der Waals surface area (Å²) >= 11 is 12.8. The van der Waals surface area contributed by atoms with E-state index < -0.39 is 30.3 Å². The molecule has 6 atom stereocenters. The molecule has 1 saturated heterocycles. The minimum absolute atomic E-state index is 0.0967. The van der Waals surface area contributed by atoms with Crippen LogP contribution in [0.5, 0.6) is 0 Å². The zero-order valence-corrected chi connectivity index (χ0v) is 20.5. The van der Waals surface area contributed by atoms with Gasteiger partial charge in [0.1, 0.15) is 0 Å². The van der Waals surface area contributed by atoms with E-state index in [1.807, 2.05) is 19.1 Å². The maximum absolute atomic E-state index is 13.1. The Hall–Kier alpha value is -2.90. The van der Waals surface area contributed by atoms with Crippen LogP contribution in [0.25, 0.3) is 0 Å². The number of nitrogens with zero attached hydrogens (tertiary/aromatic N) is 1. The smallest absolute Gasteiger partial charge is 0.338 e. The third-order valence-corrected chi connectivity index (χ3v) is 8.65. The van der Waals surface area contributed by atoms with Gasteiger partial charge in [0.05, 0.1) is 33.8 Å². The number of nitrogens with one attached hydrogen (secondary N) is 1. The number of hydrogen-bond donors (Lipinski definition) is 1. The lowest BCUT2D eigenvalue weighted by molar-refractivity contribution is -0.123. The van der Waals surface area contributed by atoms with Gasteiger partial charge in [0, 0.05) is 5.69 Å². The predicted molar refractivity (Wildman–Crippen MR) is 132 cm³/mol. The van der Waals surface area contributed by atoms with E-state index in [-0.39, 0.29) is 40.0 Å². The van der Waals surface area contributed by atoms with Gasteiger partial charge in [0.25, 0.3) is 5.91 Å². The number of ether oxygens (including phenoxy) is 1. The molecule has 1 N–H and O–H groups in total. The van der Waals surface area contributed by atoms with Crippen molar-refractivity contribution in [3.63, 3.8) is 0 Å². The number of carbonyl (C=O) groups is 4.